The Morgan fingerprint density at radius 2 is 1.62 bits per heavy atom. The largest absolute Gasteiger partial charge is 0.466 e. The van der Waals surface area contributed by atoms with Crippen molar-refractivity contribution in [2.24, 2.45) is 10.8 Å². The second kappa shape index (κ2) is 5.51. The van der Waals surface area contributed by atoms with Crippen LogP contribution in [-0.2, 0) is 9.53 Å². The highest BCUT2D eigenvalue weighted by molar-refractivity contribution is 5.76. The van der Waals surface area contributed by atoms with E-state index in [4.69, 9.17) is 4.74 Å². The van der Waals surface area contributed by atoms with E-state index in [2.05, 4.69) is 27.4 Å². The van der Waals surface area contributed by atoms with Gasteiger partial charge in [0.1, 0.15) is 0 Å². The molecule has 0 aliphatic heterocycles. The van der Waals surface area contributed by atoms with E-state index >= 15 is 0 Å². The van der Waals surface area contributed by atoms with Gasteiger partial charge in [-0.15, -0.1) is 0 Å². The van der Waals surface area contributed by atoms with Gasteiger partial charge in [0.25, 0.3) is 0 Å². The quantitative estimate of drug-likeness (QED) is 0.524. The van der Waals surface area contributed by atoms with Crippen molar-refractivity contribution in [3.05, 3.63) is 12.2 Å². The molecule has 0 N–H and O–H groups in total. The van der Waals surface area contributed by atoms with Gasteiger partial charge in [0.05, 0.1) is 12.0 Å². The smallest absolute Gasteiger partial charge is 0.311 e. The minimum atomic E-state index is -0.460. The van der Waals surface area contributed by atoms with Crippen LogP contribution in [0.5, 0.6) is 0 Å². The van der Waals surface area contributed by atoms with E-state index in [0.29, 0.717) is 13.0 Å². The van der Waals surface area contributed by atoms with Crippen molar-refractivity contribution in [2.75, 3.05) is 6.61 Å². The third-order valence-electron chi connectivity index (χ3n) is 2.30. The van der Waals surface area contributed by atoms with Crippen molar-refractivity contribution in [1.82, 2.24) is 0 Å². The molecule has 0 amide bonds. The van der Waals surface area contributed by atoms with Crippen LogP contribution in [0.1, 0.15) is 54.4 Å². The summed E-state index contributed by atoms with van der Waals surface area (Å²) in [5.41, 5.74) is 0.880. The molecule has 0 heterocycles. The van der Waals surface area contributed by atoms with Crippen LogP contribution in [0.25, 0.3) is 0 Å². The molecule has 0 fully saturated rings. The summed E-state index contributed by atoms with van der Waals surface area (Å²) in [6.07, 6.45) is 1.64. The van der Waals surface area contributed by atoms with E-state index in [9.17, 15) is 4.79 Å². The van der Waals surface area contributed by atoms with Gasteiger partial charge in [-0.3, -0.25) is 4.79 Å². The van der Waals surface area contributed by atoms with Crippen LogP contribution < -0.4 is 0 Å². The summed E-state index contributed by atoms with van der Waals surface area (Å²) >= 11 is 0. The number of rotatable bonds is 5. The van der Waals surface area contributed by atoms with Gasteiger partial charge in [0.15, 0.2) is 0 Å². The molecule has 0 radical (unpaired) electrons. The molecule has 0 aliphatic rings. The molecular weight excluding hydrogens is 200 g/mol. The van der Waals surface area contributed by atoms with E-state index in [1.807, 2.05) is 20.8 Å². The van der Waals surface area contributed by atoms with Crippen molar-refractivity contribution in [1.29, 1.82) is 0 Å². The van der Waals surface area contributed by atoms with Gasteiger partial charge in [-0.05, 0) is 39.0 Å². The molecule has 0 aromatic carbocycles. The summed E-state index contributed by atoms with van der Waals surface area (Å²) in [5, 5.41) is 0. The predicted molar refractivity (Wildman–Crippen MR) is 68.2 cm³/mol. The highest BCUT2D eigenvalue weighted by atomic mass is 16.5. The fraction of sp³-hybridized carbons (Fsp3) is 0.786. The Morgan fingerprint density at radius 3 is 2.00 bits per heavy atom. The molecule has 0 aliphatic carbocycles. The van der Waals surface area contributed by atoms with Gasteiger partial charge in [-0.25, -0.2) is 0 Å². The number of allylic oxidation sites excluding steroid dienone is 1. The zero-order chi connectivity index (χ0) is 13.0. The van der Waals surface area contributed by atoms with Crippen LogP contribution >= 0.6 is 0 Å². The first-order chi connectivity index (χ1) is 7.08. The third kappa shape index (κ3) is 5.94. The van der Waals surface area contributed by atoms with Gasteiger partial charge in [0, 0.05) is 0 Å². The minimum absolute atomic E-state index is 0.134. The lowest BCUT2D eigenvalue weighted by Crippen LogP contribution is -2.27. The topological polar surface area (TPSA) is 26.3 Å². The number of esters is 1. The highest BCUT2D eigenvalue weighted by Gasteiger charge is 2.30. The minimum Gasteiger partial charge on any atom is -0.466 e. The fourth-order valence-electron chi connectivity index (χ4n) is 1.84. The first kappa shape index (κ1) is 15.2. The standard InChI is InChI=1S/C14H26O2/c1-8-16-12(15)14(6,7)10-11(2)9-13(3,4)5/h2,8-10H2,1,3-7H3. The average Bonchev–Trinajstić information content (AvgIpc) is 1.99. The monoisotopic (exact) mass is 226 g/mol. The second-order valence-corrected chi connectivity index (χ2v) is 6.27. The molecule has 16 heavy (non-hydrogen) atoms. The Labute approximate surface area is 100 Å². The van der Waals surface area contributed by atoms with Crippen LogP contribution in [0.15, 0.2) is 12.2 Å². The van der Waals surface area contributed by atoms with Crippen LogP contribution in [-0.4, -0.2) is 12.6 Å². The molecule has 2 nitrogen and oxygen atoms in total. The number of hydrogen-bond acceptors (Lipinski definition) is 2. The van der Waals surface area contributed by atoms with Gasteiger partial charge in [-0.2, -0.15) is 0 Å². The zero-order valence-corrected chi connectivity index (χ0v) is 11.6. The van der Waals surface area contributed by atoms with E-state index in [1.165, 1.54) is 0 Å². The first-order valence-electron chi connectivity index (χ1n) is 5.92. The van der Waals surface area contributed by atoms with Crippen molar-refractivity contribution in [2.45, 2.75) is 54.4 Å². The lowest BCUT2D eigenvalue weighted by Gasteiger charge is -2.26. The number of ether oxygens (including phenoxy) is 1. The van der Waals surface area contributed by atoms with Crippen molar-refractivity contribution < 1.29 is 9.53 Å². The van der Waals surface area contributed by atoms with Crippen LogP contribution in [0.4, 0.5) is 0 Å². The molecule has 0 aromatic heterocycles. The number of carbonyl (C=O) groups excluding carboxylic acids is 1. The van der Waals surface area contributed by atoms with Crippen LogP contribution in [0, 0.1) is 10.8 Å². The molecule has 2 heteroatoms. The van der Waals surface area contributed by atoms with Gasteiger partial charge in [0.2, 0.25) is 0 Å². The lowest BCUT2D eigenvalue weighted by atomic mass is 9.80. The molecule has 0 bridgehead atoms. The predicted octanol–water partition coefficient (Wildman–Crippen LogP) is 3.96. The molecule has 94 valence electrons. The number of hydrogen-bond donors (Lipinski definition) is 0. The van der Waals surface area contributed by atoms with Gasteiger partial charge >= 0.3 is 5.97 Å². The van der Waals surface area contributed by atoms with E-state index in [-0.39, 0.29) is 11.4 Å². The summed E-state index contributed by atoms with van der Waals surface area (Å²) in [5.74, 6) is -0.134. The normalized spacial score (nSPS) is 12.4. The molecular formula is C14H26O2. The molecule has 0 saturated heterocycles. The SMILES string of the molecule is C=C(CC(C)(C)C)CC(C)(C)C(=O)OCC. The summed E-state index contributed by atoms with van der Waals surface area (Å²) < 4.78 is 5.06. The van der Waals surface area contributed by atoms with E-state index in [0.717, 1.165) is 12.0 Å². The first-order valence-corrected chi connectivity index (χ1v) is 5.92. The molecule has 0 aromatic rings. The fourth-order valence-corrected chi connectivity index (χ4v) is 1.84. The summed E-state index contributed by atoms with van der Waals surface area (Å²) in [4.78, 5) is 11.7. The average molecular weight is 226 g/mol. The molecule has 0 rings (SSSR count). The Bertz CT molecular complexity index is 256. The van der Waals surface area contributed by atoms with Crippen LogP contribution in [0.2, 0.25) is 0 Å². The van der Waals surface area contributed by atoms with Crippen LogP contribution in [0.3, 0.4) is 0 Å². The molecule has 0 saturated carbocycles. The Kier molecular flexibility index (Phi) is 5.24. The zero-order valence-electron chi connectivity index (χ0n) is 11.6. The van der Waals surface area contributed by atoms with Crippen molar-refractivity contribution in [3.63, 3.8) is 0 Å². The Balaban J connectivity index is 4.36. The summed E-state index contributed by atoms with van der Waals surface area (Å²) in [6.45, 7) is 16.7. The van der Waals surface area contributed by atoms with Crippen molar-refractivity contribution >= 4 is 5.97 Å². The maximum Gasteiger partial charge on any atom is 0.311 e. The van der Waals surface area contributed by atoms with E-state index < -0.39 is 5.41 Å². The molecule has 0 unspecified atom stereocenters. The molecule has 0 spiro atoms. The Morgan fingerprint density at radius 1 is 1.12 bits per heavy atom. The summed E-state index contributed by atoms with van der Waals surface area (Å²) in [6, 6.07) is 0. The number of carbonyl (C=O) groups is 1. The van der Waals surface area contributed by atoms with Gasteiger partial charge < -0.3 is 4.74 Å². The maximum absolute atomic E-state index is 11.7. The Hall–Kier alpha value is -0.790. The summed E-state index contributed by atoms with van der Waals surface area (Å²) in [7, 11) is 0. The van der Waals surface area contributed by atoms with Crippen molar-refractivity contribution in [3.8, 4) is 0 Å². The molecule has 0 atom stereocenters. The maximum atomic E-state index is 11.7. The van der Waals surface area contributed by atoms with Gasteiger partial charge in [-0.1, -0.05) is 32.9 Å². The highest BCUT2D eigenvalue weighted by Crippen LogP contribution is 2.32. The second-order valence-electron chi connectivity index (χ2n) is 6.27. The third-order valence-corrected chi connectivity index (χ3v) is 2.30. The van der Waals surface area contributed by atoms with E-state index in [1.54, 1.807) is 0 Å². The lowest BCUT2D eigenvalue weighted by molar-refractivity contribution is -0.153.